The van der Waals surface area contributed by atoms with Crippen LogP contribution in [0, 0.1) is 5.41 Å². The zero-order valence-electron chi connectivity index (χ0n) is 9.04. The zero-order chi connectivity index (χ0) is 10.4. The van der Waals surface area contributed by atoms with Crippen LogP contribution in [0.3, 0.4) is 0 Å². The van der Waals surface area contributed by atoms with Crippen molar-refractivity contribution in [1.29, 1.82) is 0 Å². The van der Waals surface area contributed by atoms with Crippen molar-refractivity contribution in [2.24, 2.45) is 5.41 Å². The molecule has 0 atom stereocenters. The largest absolute Gasteiger partial charge is 1.00 e. The van der Waals surface area contributed by atoms with Gasteiger partial charge in [-0.15, -0.1) is 0 Å². The van der Waals surface area contributed by atoms with E-state index >= 15 is 0 Å². The Morgan fingerprint density at radius 2 is 1.53 bits per heavy atom. The van der Waals surface area contributed by atoms with Crippen molar-refractivity contribution in [3.63, 3.8) is 0 Å². The molecule has 0 nitrogen and oxygen atoms in total. The van der Waals surface area contributed by atoms with E-state index in [4.69, 9.17) is 0 Å². The first-order chi connectivity index (χ1) is 6.43. The van der Waals surface area contributed by atoms with Gasteiger partial charge in [0.25, 0.3) is 0 Å². The molecular weight excluding hydrogens is 234 g/mol. The van der Waals surface area contributed by atoms with Crippen molar-refractivity contribution < 1.29 is 68.7 Å². The van der Waals surface area contributed by atoms with Crippen molar-refractivity contribution in [3.8, 4) is 0 Å². The van der Waals surface area contributed by atoms with Crippen molar-refractivity contribution >= 4 is 6.98 Å². The maximum Gasteiger partial charge on any atom is 1.00 e. The second kappa shape index (κ2) is 4.59. The molecule has 0 amide bonds. The van der Waals surface area contributed by atoms with Gasteiger partial charge in [-0.1, -0.05) is 31.0 Å². The van der Waals surface area contributed by atoms with Crippen molar-refractivity contribution in [2.75, 3.05) is 6.67 Å². The van der Waals surface area contributed by atoms with Crippen LogP contribution in [0.1, 0.15) is 38.5 Å². The summed E-state index contributed by atoms with van der Waals surface area (Å²) in [6.45, 7) is -4.98. The fourth-order valence-electron chi connectivity index (χ4n) is 3.29. The summed E-state index contributed by atoms with van der Waals surface area (Å²) in [5, 5.41) is -1.27. The predicted octanol–water partition coefficient (Wildman–Crippen LogP) is 0.902. The van der Waals surface area contributed by atoms with Crippen LogP contribution in [0.25, 0.3) is 0 Å². The predicted molar refractivity (Wildman–Crippen MR) is 47.9 cm³/mol. The number of alkyl halides is 1. The fraction of sp³-hybridized carbons (Fsp3) is 1.00. The monoisotopic (exact) mass is 248 g/mol. The molecule has 0 N–H and O–H groups in total. The third kappa shape index (κ3) is 2.34. The summed E-state index contributed by atoms with van der Waals surface area (Å²) in [5.41, 5.74) is -0.0353. The third-order valence-electron chi connectivity index (χ3n) is 3.97. The van der Waals surface area contributed by atoms with Gasteiger partial charge in [-0.3, -0.25) is 4.39 Å². The second-order valence-electron chi connectivity index (χ2n) is 5.11. The standard InChI is InChI=1S/C9H14BF4.K/c11-4-2-1-3-8-5-9(6-8,7-8)10(12,13)14;/h1-7H2;/q-1;+1. The first-order valence-electron chi connectivity index (χ1n) is 5.19. The summed E-state index contributed by atoms with van der Waals surface area (Å²) in [5.74, 6) is 0. The van der Waals surface area contributed by atoms with Crippen LogP contribution in [0.15, 0.2) is 0 Å². The van der Waals surface area contributed by atoms with Crippen LogP contribution in [0.2, 0.25) is 5.31 Å². The van der Waals surface area contributed by atoms with Gasteiger partial charge in [0.05, 0.1) is 6.67 Å². The molecule has 3 rings (SSSR count). The molecule has 3 aliphatic rings. The van der Waals surface area contributed by atoms with Crippen LogP contribution >= 0.6 is 0 Å². The van der Waals surface area contributed by atoms with Gasteiger partial charge in [-0.05, 0) is 18.3 Å². The van der Waals surface area contributed by atoms with Gasteiger partial charge in [-0.25, -0.2) is 0 Å². The Hall–Kier alpha value is 1.42. The van der Waals surface area contributed by atoms with E-state index < -0.39 is 12.3 Å². The maximum absolute atomic E-state index is 12.5. The van der Waals surface area contributed by atoms with E-state index in [0.29, 0.717) is 25.7 Å². The molecule has 3 aliphatic carbocycles. The molecule has 0 aromatic rings. The summed E-state index contributed by atoms with van der Waals surface area (Å²) in [4.78, 5) is 0. The molecule has 6 heteroatoms. The van der Waals surface area contributed by atoms with Gasteiger partial charge in [0.1, 0.15) is 0 Å². The van der Waals surface area contributed by atoms with Crippen LogP contribution in [-0.4, -0.2) is 13.7 Å². The van der Waals surface area contributed by atoms with Gasteiger partial charge < -0.3 is 12.9 Å². The fourth-order valence-corrected chi connectivity index (χ4v) is 3.29. The molecule has 0 aromatic carbocycles. The molecule has 0 aliphatic heterocycles. The van der Waals surface area contributed by atoms with E-state index in [1.54, 1.807) is 0 Å². The van der Waals surface area contributed by atoms with Crippen molar-refractivity contribution in [3.05, 3.63) is 0 Å². The Kier molecular flexibility index (Phi) is 4.44. The van der Waals surface area contributed by atoms with E-state index in [1.807, 2.05) is 0 Å². The Morgan fingerprint density at radius 3 is 1.93 bits per heavy atom. The molecule has 0 unspecified atom stereocenters. The molecule has 0 saturated heterocycles. The van der Waals surface area contributed by atoms with Gasteiger partial charge in [-0.2, -0.15) is 0 Å². The number of unbranched alkanes of at least 4 members (excludes halogenated alkanes) is 1. The quantitative estimate of drug-likeness (QED) is 0.385. The average Bonchev–Trinajstić information content (AvgIpc) is 1.88. The van der Waals surface area contributed by atoms with E-state index in [0.717, 1.165) is 12.8 Å². The molecule has 2 bridgehead atoms. The minimum absolute atomic E-state index is 0. The molecule has 0 aromatic heterocycles. The maximum atomic E-state index is 12.5. The van der Waals surface area contributed by atoms with Crippen LogP contribution in [-0.2, 0) is 0 Å². The second-order valence-corrected chi connectivity index (χ2v) is 5.11. The SMILES string of the molecule is FCCCCC12CC([B-](F)(F)F)(C1)C2.[K+]. The molecule has 0 heterocycles. The number of hydrogen-bond acceptors (Lipinski definition) is 0. The molecular formula is C9H14BF4K. The van der Waals surface area contributed by atoms with Crippen LogP contribution in [0.5, 0.6) is 0 Å². The van der Waals surface area contributed by atoms with E-state index in [1.165, 1.54) is 0 Å². The van der Waals surface area contributed by atoms with Crippen molar-refractivity contribution in [2.45, 2.75) is 43.8 Å². The molecule has 3 fully saturated rings. The molecule has 15 heavy (non-hydrogen) atoms. The Morgan fingerprint density at radius 1 is 1.00 bits per heavy atom. The number of hydrogen-bond donors (Lipinski definition) is 0. The van der Waals surface area contributed by atoms with Crippen LogP contribution < -0.4 is 51.4 Å². The average molecular weight is 248 g/mol. The van der Waals surface area contributed by atoms with E-state index in [2.05, 4.69) is 0 Å². The Labute approximate surface area is 130 Å². The zero-order valence-corrected chi connectivity index (χ0v) is 12.2. The van der Waals surface area contributed by atoms with Gasteiger partial charge >= 0.3 is 58.4 Å². The molecule has 0 radical (unpaired) electrons. The number of rotatable bonds is 5. The number of halogens is 4. The topological polar surface area (TPSA) is 0 Å². The normalized spacial score (nSPS) is 37.6. The minimum atomic E-state index is -4.63. The van der Waals surface area contributed by atoms with Gasteiger partial charge in [0.2, 0.25) is 0 Å². The van der Waals surface area contributed by atoms with Crippen molar-refractivity contribution in [1.82, 2.24) is 0 Å². The summed E-state index contributed by atoms with van der Waals surface area (Å²) in [6, 6.07) is 0. The minimum Gasteiger partial charge on any atom is -0.449 e. The summed E-state index contributed by atoms with van der Waals surface area (Å²) >= 11 is 0. The smallest absolute Gasteiger partial charge is 0.449 e. The summed E-state index contributed by atoms with van der Waals surface area (Å²) < 4.78 is 49.2. The van der Waals surface area contributed by atoms with E-state index in [-0.39, 0.29) is 63.5 Å². The van der Waals surface area contributed by atoms with Crippen LogP contribution in [0.4, 0.5) is 17.3 Å². The third-order valence-corrected chi connectivity index (χ3v) is 3.97. The van der Waals surface area contributed by atoms with E-state index in [9.17, 15) is 17.3 Å². The first-order valence-corrected chi connectivity index (χ1v) is 5.19. The molecule has 3 saturated carbocycles. The van der Waals surface area contributed by atoms with Gasteiger partial charge in [0.15, 0.2) is 0 Å². The first kappa shape index (κ1) is 14.5. The Balaban J connectivity index is 0.00000112. The molecule has 82 valence electrons. The van der Waals surface area contributed by atoms with Gasteiger partial charge in [0, 0.05) is 0 Å². The summed E-state index contributed by atoms with van der Waals surface area (Å²) in [7, 11) is 0. The Bertz CT molecular complexity index is 221. The summed E-state index contributed by atoms with van der Waals surface area (Å²) in [6.07, 6.45) is 3.04. The molecule has 0 spiro atoms.